The first-order valence-electron chi connectivity index (χ1n) is 9.88. The van der Waals surface area contributed by atoms with Crippen LogP contribution in [0.25, 0.3) is 0 Å². The number of anilines is 1. The maximum atomic E-state index is 13.7. The smallest absolute Gasteiger partial charge is 0.317 e. The van der Waals surface area contributed by atoms with Crippen molar-refractivity contribution in [1.29, 1.82) is 0 Å². The Kier molecular flexibility index (Phi) is 5.65. The first-order chi connectivity index (χ1) is 14.5. The number of rotatable bonds is 4. The molecule has 0 aromatic heterocycles. The van der Waals surface area contributed by atoms with Crippen molar-refractivity contribution < 1.29 is 23.5 Å². The number of piperidine rings is 1. The number of nitrogens with zero attached hydrogens (tertiary/aromatic N) is 1. The fourth-order valence-electron chi connectivity index (χ4n) is 3.74. The molecule has 2 aliphatic rings. The van der Waals surface area contributed by atoms with E-state index in [0.717, 1.165) is 0 Å². The van der Waals surface area contributed by atoms with Crippen LogP contribution < -0.4 is 15.4 Å². The number of hydrogen-bond acceptors (Lipinski definition) is 4. The molecule has 2 aromatic rings. The van der Waals surface area contributed by atoms with E-state index >= 15 is 0 Å². The molecule has 1 fully saturated rings. The summed E-state index contributed by atoms with van der Waals surface area (Å²) in [6.07, 6.45) is 1.10. The third-order valence-corrected chi connectivity index (χ3v) is 5.44. The van der Waals surface area contributed by atoms with Crippen molar-refractivity contribution in [3.05, 3.63) is 59.4 Å². The SMILES string of the molecule is O=C1COc2ccc(C(=O)C3CCN(C(=O)NCc4ccccc4F)CC3)cc2N1. The fourth-order valence-corrected chi connectivity index (χ4v) is 3.74. The van der Waals surface area contributed by atoms with Gasteiger partial charge in [-0.15, -0.1) is 0 Å². The number of likely N-dealkylation sites (tertiary alicyclic amines) is 1. The third-order valence-electron chi connectivity index (χ3n) is 5.44. The maximum absolute atomic E-state index is 13.7. The second kappa shape index (κ2) is 8.52. The van der Waals surface area contributed by atoms with Crippen LogP contribution in [0.4, 0.5) is 14.9 Å². The molecule has 7 nitrogen and oxygen atoms in total. The van der Waals surface area contributed by atoms with Crippen LogP contribution in [-0.4, -0.2) is 42.3 Å². The lowest BCUT2D eigenvalue weighted by Crippen LogP contribution is -2.45. The van der Waals surface area contributed by atoms with Crippen molar-refractivity contribution in [2.75, 3.05) is 25.0 Å². The summed E-state index contributed by atoms with van der Waals surface area (Å²) >= 11 is 0. The highest BCUT2D eigenvalue weighted by molar-refractivity contribution is 6.01. The van der Waals surface area contributed by atoms with Gasteiger partial charge >= 0.3 is 6.03 Å². The Morgan fingerprint density at radius 3 is 2.70 bits per heavy atom. The van der Waals surface area contributed by atoms with E-state index in [1.54, 1.807) is 41.3 Å². The van der Waals surface area contributed by atoms with Gasteiger partial charge in [0.05, 0.1) is 5.69 Å². The highest BCUT2D eigenvalue weighted by Gasteiger charge is 2.29. The highest BCUT2D eigenvalue weighted by Crippen LogP contribution is 2.30. The Hall–Kier alpha value is -3.42. The number of ketones is 1. The summed E-state index contributed by atoms with van der Waals surface area (Å²) in [5, 5.41) is 5.44. The quantitative estimate of drug-likeness (QED) is 0.758. The first kappa shape index (κ1) is 19.9. The molecule has 156 valence electrons. The molecule has 0 radical (unpaired) electrons. The number of carbonyl (C=O) groups excluding carboxylic acids is 3. The molecular weight excluding hydrogens is 389 g/mol. The highest BCUT2D eigenvalue weighted by atomic mass is 19.1. The van der Waals surface area contributed by atoms with E-state index < -0.39 is 0 Å². The molecule has 0 atom stereocenters. The Morgan fingerprint density at radius 2 is 1.93 bits per heavy atom. The number of nitrogens with one attached hydrogen (secondary N) is 2. The molecular formula is C22H22FN3O4. The van der Waals surface area contributed by atoms with Gasteiger partial charge < -0.3 is 20.3 Å². The zero-order valence-electron chi connectivity index (χ0n) is 16.3. The Balaban J connectivity index is 1.31. The Labute approximate surface area is 173 Å². The van der Waals surface area contributed by atoms with Crippen LogP contribution in [0.2, 0.25) is 0 Å². The van der Waals surface area contributed by atoms with Gasteiger partial charge in [-0.2, -0.15) is 0 Å². The van der Waals surface area contributed by atoms with E-state index in [-0.39, 0.29) is 42.6 Å². The number of halogens is 1. The number of fused-ring (bicyclic) bond motifs is 1. The van der Waals surface area contributed by atoms with Crippen LogP contribution in [0.1, 0.15) is 28.8 Å². The van der Waals surface area contributed by atoms with E-state index in [2.05, 4.69) is 10.6 Å². The van der Waals surface area contributed by atoms with Crippen molar-refractivity contribution in [3.63, 3.8) is 0 Å². The van der Waals surface area contributed by atoms with Gasteiger partial charge in [0.25, 0.3) is 5.91 Å². The van der Waals surface area contributed by atoms with Gasteiger partial charge in [0.15, 0.2) is 12.4 Å². The molecule has 0 saturated carbocycles. The van der Waals surface area contributed by atoms with Gasteiger partial charge in [0, 0.05) is 36.7 Å². The number of benzene rings is 2. The second-order valence-electron chi connectivity index (χ2n) is 7.42. The molecule has 0 unspecified atom stereocenters. The molecule has 0 aliphatic carbocycles. The van der Waals surface area contributed by atoms with E-state index in [0.29, 0.717) is 48.5 Å². The van der Waals surface area contributed by atoms with Crippen LogP contribution in [-0.2, 0) is 11.3 Å². The lowest BCUT2D eigenvalue weighted by molar-refractivity contribution is -0.118. The van der Waals surface area contributed by atoms with Crippen LogP contribution in [0, 0.1) is 11.7 Å². The molecule has 1 saturated heterocycles. The van der Waals surface area contributed by atoms with Gasteiger partial charge in [0.1, 0.15) is 11.6 Å². The number of amides is 3. The van der Waals surface area contributed by atoms with Crippen LogP contribution in [0.3, 0.4) is 0 Å². The van der Waals surface area contributed by atoms with Crippen molar-refractivity contribution >= 4 is 23.4 Å². The van der Waals surface area contributed by atoms with Crippen LogP contribution in [0.5, 0.6) is 5.75 Å². The predicted molar refractivity (Wildman–Crippen MR) is 108 cm³/mol. The summed E-state index contributed by atoms with van der Waals surface area (Å²) in [4.78, 5) is 38.4. The minimum Gasteiger partial charge on any atom is -0.482 e. The first-order valence-corrected chi connectivity index (χ1v) is 9.88. The maximum Gasteiger partial charge on any atom is 0.317 e. The summed E-state index contributed by atoms with van der Waals surface area (Å²) < 4.78 is 19.0. The predicted octanol–water partition coefficient (Wildman–Crippen LogP) is 2.96. The lowest BCUT2D eigenvalue weighted by Gasteiger charge is -2.31. The summed E-state index contributed by atoms with van der Waals surface area (Å²) in [6.45, 7) is 0.986. The second-order valence-corrected chi connectivity index (χ2v) is 7.42. The Morgan fingerprint density at radius 1 is 1.17 bits per heavy atom. The van der Waals surface area contributed by atoms with E-state index in [1.807, 2.05) is 0 Å². The molecule has 2 aromatic carbocycles. The molecule has 0 bridgehead atoms. The van der Waals surface area contributed by atoms with Crippen molar-refractivity contribution in [2.45, 2.75) is 19.4 Å². The molecule has 2 N–H and O–H groups in total. The summed E-state index contributed by atoms with van der Waals surface area (Å²) in [5.74, 6) is -0.258. The van der Waals surface area contributed by atoms with Crippen molar-refractivity contribution in [3.8, 4) is 5.75 Å². The number of Topliss-reactive ketones (excluding diaryl/α,β-unsaturated/α-hetero) is 1. The normalized spacial score (nSPS) is 16.3. The van der Waals surface area contributed by atoms with Gasteiger partial charge in [-0.25, -0.2) is 9.18 Å². The molecule has 30 heavy (non-hydrogen) atoms. The molecule has 2 aliphatic heterocycles. The molecule has 4 rings (SSSR count). The van der Waals surface area contributed by atoms with E-state index in [1.165, 1.54) is 6.07 Å². The van der Waals surface area contributed by atoms with E-state index in [4.69, 9.17) is 4.74 Å². The van der Waals surface area contributed by atoms with E-state index in [9.17, 15) is 18.8 Å². The minimum atomic E-state index is -0.353. The summed E-state index contributed by atoms with van der Waals surface area (Å²) in [5.41, 5.74) is 1.45. The lowest BCUT2D eigenvalue weighted by atomic mass is 9.88. The van der Waals surface area contributed by atoms with Gasteiger partial charge in [-0.3, -0.25) is 9.59 Å². The average molecular weight is 411 g/mol. The van der Waals surface area contributed by atoms with Crippen LogP contribution in [0.15, 0.2) is 42.5 Å². The van der Waals surface area contributed by atoms with Gasteiger partial charge in [0.2, 0.25) is 0 Å². The Bertz CT molecular complexity index is 986. The molecule has 0 spiro atoms. The summed E-state index contributed by atoms with van der Waals surface area (Å²) in [6, 6.07) is 11.1. The minimum absolute atomic E-state index is 0.0102. The monoisotopic (exact) mass is 411 g/mol. The van der Waals surface area contributed by atoms with Gasteiger partial charge in [-0.1, -0.05) is 18.2 Å². The zero-order chi connectivity index (χ0) is 21.1. The number of hydrogen-bond donors (Lipinski definition) is 2. The number of carbonyl (C=O) groups is 3. The molecule has 8 heteroatoms. The fraction of sp³-hybridized carbons (Fsp3) is 0.318. The number of urea groups is 1. The summed E-state index contributed by atoms with van der Waals surface area (Å²) in [7, 11) is 0. The van der Waals surface area contributed by atoms with Crippen LogP contribution >= 0.6 is 0 Å². The average Bonchev–Trinajstić information content (AvgIpc) is 2.77. The molecule has 2 heterocycles. The van der Waals surface area contributed by atoms with Crippen molar-refractivity contribution in [2.24, 2.45) is 5.92 Å². The topological polar surface area (TPSA) is 87.7 Å². The third kappa shape index (κ3) is 4.27. The standard InChI is InChI=1S/C22H22FN3O4/c23-17-4-2-1-3-16(17)12-24-22(29)26-9-7-14(8-10-26)21(28)15-5-6-19-18(11-15)25-20(27)13-30-19/h1-6,11,14H,7-10,12-13H2,(H,24,29)(H,25,27). The zero-order valence-corrected chi connectivity index (χ0v) is 16.3. The van der Waals surface area contributed by atoms with Crippen molar-refractivity contribution in [1.82, 2.24) is 10.2 Å². The largest absolute Gasteiger partial charge is 0.482 e. The molecule has 3 amide bonds. The van der Waals surface area contributed by atoms with Gasteiger partial charge in [-0.05, 0) is 37.1 Å². The number of ether oxygens (including phenoxy) is 1.